The first-order valence-corrected chi connectivity index (χ1v) is 5.24. The van der Waals surface area contributed by atoms with E-state index in [2.05, 4.69) is 32.6 Å². The predicted octanol–water partition coefficient (Wildman–Crippen LogP) is 2.31. The fraction of sp³-hybridized carbons (Fsp3) is 0. The molecule has 0 amide bonds. The van der Waals surface area contributed by atoms with Gasteiger partial charge < -0.3 is 4.98 Å². The van der Waals surface area contributed by atoms with Gasteiger partial charge in [-0.25, -0.2) is 15.0 Å². The molecule has 0 aliphatic heterocycles. The molecule has 0 unspecified atom stereocenters. The summed E-state index contributed by atoms with van der Waals surface area (Å²) in [7, 11) is 0. The van der Waals surface area contributed by atoms with Gasteiger partial charge in [-0.1, -0.05) is 18.2 Å². The Morgan fingerprint density at radius 3 is 2.69 bits per heavy atom. The van der Waals surface area contributed by atoms with Crippen LogP contribution >= 0.6 is 12.6 Å². The summed E-state index contributed by atoms with van der Waals surface area (Å²) >= 11 is 4.39. The first kappa shape index (κ1) is 9.35. The van der Waals surface area contributed by atoms with Gasteiger partial charge in [0, 0.05) is 22.9 Å². The van der Waals surface area contributed by atoms with Gasteiger partial charge in [-0.3, -0.25) is 0 Å². The molecule has 1 N–H and O–H groups in total. The number of imidazole rings is 1. The Labute approximate surface area is 97.2 Å². The summed E-state index contributed by atoms with van der Waals surface area (Å²) in [6.07, 6.45) is 3.26. The summed E-state index contributed by atoms with van der Waals surface area (Å²) < 4.78 is 0. The molecule has 3 aromatic rings. The molecule has 78 valence electrons. The van der Waals surface area contributed by atoms with E-state index in [0.717, 1.165) is 16.3 Å². The molecule has 0 fully saturated rings. The number of nitrogens with zero attached hydrogens (tertiary/aromatic N) is 3. The van der Waals surface area contributed by atoms with E-state index in [0.29, 0.717) is 11.3 Å². The fourth-order valence-corrected chi connectivity index (χ4v) is 1.81. The second kappa shape index (κ2) is 3.61. The van der Waals surface area contributed by atoms with Gasteiger partial charge in [-0.05, 0) is 6.07 Å². The van der Waals surface area contributed by atoms with Crippen LogP contribution in [0.2, 0.25) is 0 Å². The molecule has 5 heteroatoms. The molecule has 0 atom stereocenters. The zero-order chi connectivity index (χ0) is 11.0. The highest BCUT2D eigenvalue weighted by atomic mass is 32.1. The van der Waals surface area contributed by atoms with E-state index in [1.807, 2.05) is 24.3 Å². The number of benzene rings is 1. The summed E-state index contributed by atoms with van der Waals surface area (Å²) in [5.41, 5.74) is 2.26. The molecule has 2 aromatic heterocycles. The van der Waals surface area contributed by atoms with Crippen LogP contribution in [0.1, 0.15) is 0 Å². The van der Waals surface area contributed by atoms with Crippen molar-refractivity contribution in [2.75, 3.05) is 0 Å². The number of H-pyrrole nitrogens is 1. The molecule has 0 spiro atoms. The lowest BCUT2D eigenvalue weighted by Gasteiger charge is -1.98. The van der Waals surface area contributed by atoms with E-state index in [-0.39, 0.29) is 0 Å². The van der Waals surface area contributed by atoms with Crippen molar-refractivity contribution in [3.8, 4) is 11.4 Å². The third-order valence-corrected chi connectivity index (χ3v) is 2.68. The van der Waals surface area contributed by atoms with Gasteiger partial charge in [0.25, 0.3) is 0 Å². The molecule has 3 rings (SSSR count). The van der Waals surface area contributed by atoms with Crippen molar-refractivity contribution in [3.05, 3.63) is 36.7 Å². The van der Waals surface area contributed by atoms with Gasteiger partial charge >= 0.3 is 0 Å². The first-order valence-electron chi connectivity index (χ1n) is 4.80. The Morgan fingerprint density at radius 2 is 1.88 bits per heavy atom. The van der Waals surface area contributed by atoms with Crippen molar-refractivity contribution >= 4 is 23.9 Å². The van der Waals surface area contributed by atoms with Crippen LogP contribution in [0.25, 0.3) is 22.7 Å². The number of hydrogen-bond donors (Lipinski definition) is 2. The molecular formula is C11H8N4S. The number of thiol groups is 1. The molecule has 4 nitrogen and oxygen atoms in total. The van der Waals surface area contributed by atoms with Crippen molar-refractivity contribution < 1.29 is 0 Å². The zero-order valence-electron chi connectivity index (χ0n) is 8.25. The Bertz CT molecular complexity index is 614. The molecule has 0 radical (unpaired) electrons. The van der Waals surface area contributed by atoms with E-state index in [9.17, 15) is 0 Å². The summed E-state index contributed by atoms with van der Waals surface area (Å²) in [5.74, 6) is 0.742. The number of aromatic nitrogens is 4. The average Bonchev–Trinajstić information content (AvgIpc) is 2.73. The minimum Gasteiger partial charge on any atom is -0.321 e. The SMILES string of the molecule is Sc1ccccc1-c1nc2nccnc2[nH]1. The summed E-state index contributed by atoms with van der Waals surface area (Å²) in [6.45, 7) is 0. The normalized spacial score (nSPS) is 10.8. The first-order chi connectivity index (χ1) is 7.84. The minimum atomic E-state index is 0.620. The summed E-state index contributed by atoms with van der Waals surface area (Å²) in [4.78, 5) is 16.6. The third-order valence-electron chi connectivity index (χ3n) is 2.29. The Hall–Kier alpha value is -1.88. The quantitative estimate of drug-likeness (QED) is 0.628. The lowest BCUT2D eigenvalue weighted by Crippen LogP contribution is -1.81. The highest BCUT2D eigenvalue weighted by molar-refractivity contribution is 7.80. The maximum atomic E-state index is 4.39. The Morgan fingerprint density at radius 1 is 1.06 bits per heavy atom. The smallest absolute Gasteiger partial charge is 0.197 e. The van der Waals surface area contributed by atoms with Crippen LogP contribution in [0.3, 0.4) is 0 Å². The van der Waals surface area contributed by atoms with Crippen molar-refractivity contribution in [2.45, 2.75) is 4.90 Å². The molecular weight excluding hydrogens is 220 g/mol. The van der Waals surface area contributed by atoms with Crippen molar-refractivity contribution in [1.82, 2.24) is 19.9 Å². The minimum absolute atomic E-state index is 0.620. The second-order valence-electron chi connectivity index (χ2n) is 3.33. The second-order valence-corrected chi connectivity index (χ2v) is 3.81. The van der Waals surface area contributed by atoms with Crippen LogP contribution in [-0.4, -0.2) is 19.9 Å². The zero-order valence-corrected chi connectivity index (χ0v) is 9.15. The maximum Gasteiger partial charge on any atom is 0.197 e. The van der Waals surface area contributed by atoms with Gasteiger partial charge in [-0.15, -0.1) is 12.6 Å². The van der Waals surface area contributed by atoms with Crippen LogP contribution < -0.4 is 0 Å². The lowest BCUT2D eigenvalue weighted by atomic mass is 10.2. The molecule has 0 saturated carbocycles. The molecule has 0 saturated heterocycles. The highest BCUT2D eigenvalue weighted by Gasteiger charge is 2.08. The van der Waals surface area contributed by atoms with E-state index in [1.165, 1.54) is 0 Å². The predicted molar refractivity (Wildman–Crippen MR) is 64.4 cm³/mol. The molecule has 1 aromatic carbocycles. The number of aromatic amines is 1. The van der Waals surface area contributed by atoms with Crippen LogP contribution in [0.5, 0.6) is 0 Å². The standard InChI is InChI=1S/C11H8N4S/c16-8-4-2-1-3-7(8)9-14-10-11(15-9)13-6-5-12-10/h1-6,16H,(H,12,13,14,15). The van der Waals surface area contributed by atoms with Crippen molar-refractivity contribution in [1.29, 1.82) is 0 Å². The monoisotopic (exact) mass is 228 g/mol. The number of rotatable bonds is 1. The molecule has 16 heavy (non-hydrogen) atoms. The van der Waals surface area contributed by atoms with Gasteiger partial charge in [0.05, 0.1) is 0 Å². The van der Waals surface area contributed by atoms with Gasteiger partial charge in [0.2, 0.25) is 0 Å². The molecule has 0 bridgehead atoms. The largest absolute Gasteiger partial charge is 0.321 e. The molecule has 2 heterocycles. The van der Waals surface area contributed by atoms with Crippen LogP contribution in [-0.2, 0) is 0 Å². The third kappa shape index (κ3) is 1.45. The Kier molecular flexibility index (Phi) is 2.11. The fourth-order valence-electron chi connectivity index (χ4n) is 1.55. The van der Waals surface area contributed by atoms with E-state index in [4.69, 9.17) is 0 Å². The topological polar surface area (TPSA) is 54.5 Å². The van der Waals surface area contributed by atoms with Crippen LogP contribution in [0.4, 0.5) is 0 Å². The van der Waals surface area contributed by atoms with Gasteiger partial charge in [-0.2, -0.15) is 0 Å². The van der Waals surface area contributed by atoms with Gasteiger partial charge in [0.1, 0.15) is 5.82 Å². The van der Waals surface area contributed by atoms with Crippen molar-refractivity contribution in [2.24, 2.45) is 0 Å². The van der Waals surface area contributed by atoms with E-state index < -0.39 is 0 Å². The summed E-state index contributed by atoms with van der Waals surface area (Å²) in [6, 6.07) is 7.76. The Balaban J connectivity index is 2.23. The van der Waals surface area contributed by atoms with Crippen LogP contribution in [0.15, 0.2) is 41.6 Å². The van der Waals surface area contributed by atoms with Crippen molar-refractivity contribution in [3.63, 3.8) is 0 Å². The van der Waals surface area contributed by atoms with Gasteiger partial charge in [0.15, 0.2) is 11.3 Å². The maximum absolute atomic E-state index is 4.39. The van der Waals surface area contributed by atoms with E-state index >= 15 is 0 Å². The molecule has 0 aliphatic rings. The van der Waals surface area contributed by atoms with E-state index in [1.54, 1.807) is 12.4 Å². The number of fused-ring (bicyclic) bond motifs is 1. The molecule has 0 aliphatic carbocycles. The average molecular weight is 228 g/mol. The van der Waals surface area contributed by atoms with Crippen LogP contribution in [0, 0.1) is 0 Å². The number of hydrogen-bond acceptors (Lipinski definition) is 4. The number of nitrogens with one attached hydrogen (secondary N) is 1. The lowest BCUT2D eigenvalue weighted by molar-refractivity contribution is 1.26. The highest BCUT2D eigenvalue weighted by Crippen LogP contribution is 2.24. The summed E-state index contributed by atoms with van der Waals surface area (Å²) in [5, 5.41) is 0.